The number of benzene rings is 2. The van der Waals surface area contributed by atoms with Gasteiger partial charge in [-0.1, -0.05) is 30.3 Å². The number of morpholine rings is 1. The number of hydrogen-bond donors (Lipinski definition) is 0. The number of imide groups is 1. The molecule has 0 aliphatic carbocycles. The van der Waals surface area contributed by atoms with Crippen molar-refractivity contribution in [2.75, 3.05) is 46.1 Å². The molecule has 2 aromatic rings. The van der Waals surface area contributed by atoms with Crippen LogP contribution in [0, 0.1) is 0 Å². The van der Waals surface area contributed by atoms with Gasteiger partial charge in [-0.05, 0) is 47.7 Å². The fourth-order valence-corrected chi connectivity index (χ4v) is 4.19. The average molecular weight is 469 g/mol. The van der Waals surface area contributed by atoms with E-state index in [2.05, 4.69) is 0 Å². The summed E-state index contributed by atoms with van der Waals surface area (Å²) >= 11 is 0.908. The van der Waals surface area contributed by atoms with Gasteiger partial charge < -0.3 is 19.1 Å². The maximum atomic E-state index is 12.6. The van der Waals surface area contributed by atoms with Crippen molar-refractivity contribution >= 4 is 34.9 Å². The van der Waals surface area contributed by atoms with Gasteiger partial charge in [0.1, 0.15) is 18.1 Å². The standard InChI is InChI=1S/C24H24N2O6S/c27-22(25-10-13-30-14-11-25)17-32-20-8-6-18(7-9-20)16-21-23(28)26(24(29)33-21)12-15-31-19-4-2-1-3-5-19/h1-9,16H,10-15,17H2/b21-16-. The number of para-hydroxylation sites is 1. The molecule has 2 saturated heterocycles. The summed E-state index contributed by atoms with van der Waals surface area (Å²) in [6, 6.07) is 16.3. The highest BCUT2D eigenvalue weighted by molar-refractivity contribution is 8.18. The van der Waals surface area contributed by atoms with E-state index in [0.29, 0.717) is 42.7 Å². The molecule has 0 saturated carbocycles. The summed E-state index contributed by atoms with van der Waals surface area (Å²) in [5.41, 5.74) is 0.757. The fraction of sp³-hybridized carbons (Fsp3) is 0.292. The van der Waals surface area contributed by atoms with E-state index in [-0.39, 0.29) is 36.8 Å². The van der Waals surface area contributed by atoms with Crippen LogP contribution in [0.2, 0.25) is 0 Å². The molecule has 2 heterocycles. The lowest BCUT2D eigenvalue weighted by atomic mass is 10.2. The predicted molar refractivity (Wildman–Crippen MR) is 124 cm³/mol. The van der Waals surface area contributed by atoms with E-state index >= 15 is 0 Å². The molecule has 172 valence electrons. The normalized spacial score (nSPS) is 17.5. The number of thioether (sulfide) groups is 1. The van der Waals surface area contributed by atoms with Crippen LogP contribution in [-0.4, -0.2) is 72.9 Å². The van der Waals surface area contributed by atoms with Gasteiger partial charge in [0.15, 0.2) is 6.61 Å². The largest absolute Gasteiger partial charge is 0.492 e. The van der Waals surface area contributed by atoms with Gasteiger partial charge in [-0.15, -0.1) is 0 Å². The Kier molecular flexibility index (Phi) is 7.64. The molecule has 0 bridgehead atoms. The van der Waals surface area contributed by atoms with Gasteiger partial charge in [-0.2, -0.15) is 0 Å². The number of rotatable bonds is 8. The second-order valence-corrected chi connectivity index (χ2v) is 8.34. The van der Waals surface area contributed by atoms with Crippen molar-refractivity contribution in [1.82, 2.24) is 9.80 Å². The quantitative estimate of drug-likeness (QED) is 0.551. The molecule has 2 aliphatic heterocycles. The minimum atomic E-state index is -0.335. The summed E-state index contributed by atoms with van der Waals surface area (Å²) in [5.74, 6) is 0.833. The van der Waals surface area contributed by atoms with Crippen LogP contribution in [0.4, 0.5) is 4.79 Å². The number of carbonyl (C=O) groups is 3. The lowest BCUT2D eigenvalue weighted by Crippen LogP contribution is -2.42. The first-order valence-corrected chi connectivity index (χ1v) is 11.4. The van der Waals surface area contributed by atoms with Crippen molar-refractivity contribution in [3.05, 3.63) is 65.1 Å². The van der Waals surface area contributed by atoms with E-state index in [1.54, 1.807) is 35.2 Å². The highest BCUT2D eigenvalue weighted by Crippen LogP contribution is 2.32. The zero-order valence-electron chi connectivity index (χ0n) is 18.0. The molecule has 0 radical (unpaired) electrons. The van der Waals surface area contributed by atoms with Crippen LogP contribution in [0.3, 0.4) is 0 Å². The second-order valence-electron chi connectivity index (χ2n) is 7.35. The molecule has 4 rings (SSSR count). The smallest absolute Gasteiger partial charge is 0.293 e. The van der Waals surface area contributed by atoms with Crippen molar-refractivity contribution in [2.45, 2.75) is 0 Å². The Balaban J connectivity index is 1.28. The van der Waals surface area contributed by atoms with Crippen molar-refractivity contribution in [1.29, 1.82) is 0 Å². The molecular formula is C24H24N2O6S. The molecule has 8 nitrogen and oxygen atoms in total. The first kappa shape index (κ1) is 22.9. The molecular weight excluding hydrogens is 444 g/mol. The summed E-state index contributed by atoms with van der Waals surface area (Å²) in [5, 5.41) is -0.315. The Bertz CT molecular complexity index is 1020. The number of amides is 3. The highest BCUT2D eigenvalue weighted by Gasteiger charge is 2.34. The van der Waals surface area contributed by atoms with Gasteiger partial charge in [0.2, 0.25) is 0 Å². The molecule has 9 heteroatoms. The number of ether oxygens (including phenoxy) is 3. The van der Waals surface area contributed by atoms with Crippen molar-refractivity contribution in [2.24, 2.45) is 0 Å². The van der Waals surface area contributed by atoms with E-state index in [9.17, 15) is 14.4 Å². The third kappa shape index (κ3) is 6.15. The number of hydrogen-bond acceptors (Lipinski definition) is 7. The highest BCUT2D eigenvalue weighted by atomic mass is 32.2. The fourth-order valence-electron chi connectivity index (χ4n) is 3.33. The molecule has 0 spiro atoms. The maximum Gasteiger partial charge on any atom is 0.293 e. The first-order valence-electron chi connectivity index (χ1n) is 10.6. The maximum absolute atomic E-state index is 12.6. The van der Waals surface area contributed by atoms with Gasteiger partial charge in [-0.3, -0.25) is 19.3 Å². The first-order chi connectivity index (χ1) is 16.1. The molecule has 0 atom stereocenters. The van der Waals surface area contributed by atoms with E-state index < -0.39 is 0 Å². The van der Waals surface area contributed by atoms with E-state index in [1.165, 1.54) is 4.90 Å². The van der Waals surface area contributed by atoms with Crippen LogP contribution >= 0.6 is 11.8 Å². The lowest BCUT2D eigenvalue weighted by Gasteiger charge is -2.26. The van der Waals surface area contributed by atoms with E-state index in [4.69, 9.17) is 14.2 Å². The van der Waals surface area contributed by atoms with Gasteiger partial charge in [0, 0.05) is 13.1 Å². The van der Waals surface area contributed by atoms with Crippen LogP contribution in [0.5, 0.6) is 11.5 Å². The summed E-state index contributed by atoms with van der Waals surface area (Å²) in [7, 11) is 0. The summed E-state index contributed by atoms with van der Waals surface area (Å²) in [6.45, 7) is 2.62. The zero-order chi connectivity index (χ0) is 23.0. The number of nitrogens with zero attached hydrogens (tertiary/aromatic N) is 2. The van der Waals surface area contributed by atoms with E-state index in [1.807, 2.05) is 30.3 Å². The molecule has 0 aromatic heterocycles. The Labute approximate surface area is 196 Å². The Morgan fingerprint density at radius 3 is 2.39 bits per heavy atom. The molecule has 0 unspecified atom stereocenters. The zero-order valence-corrected chi connectivity index (χ0v) is 18.8. The summed E-state index contributed by atoms with van der Waals surface area (Å²) < 4.78 is 16.4. The van der Waals surface area contributed by atoms with E-state index in [0.717, 1.165) is 17.3 Å². The minimum Gasteiger partial charge on any atom is -0.492 e. The Morgan fingerprint density at radius 2 is 1.67 bits per heavy atom. The topological polar surface area (TPSA) is 85.4 Å². The summed E-state index contributed by atoms with van der Waals surface area (Å²) in [4.78, 5) is 40.4. The van der Waals surface area contributed by atoms with Crippen molar-refractivity contribution < 1.29 is 28.6 Å². The van der Waals surface area contributed by atoms with Crippen LogP contribution in [0.1, 0.15) is 5.56 Å². The van der Waals surface area contributed by atoms with Crippen LogP contribution in [-0.2, 0) is 14.3 Å². The van der Waals surface area contributed by atoms with Crippen LogP contribution < -0.4 is 9.47 Å². The van der Waals surface area contributed by atoms with Crippen LogP contribution in [0.25, 0.3) is 6.08 Å². The lowest BCUT2D eigenvalue weighted by molar-refractivity contribution is -0.137. The van der Waals surface area contributed by atoms with Gasteiger partial charge in [-0.25, -0.2) is 0 Å². The third-order valence-electron chi connectivity index (χ3n) is 5.10. The molecule has 2 aliphatic rings. The minimum absolute atomic E-state index is 0.0384. The Hall–Kier alpha value is -3.30. The van der Waals surface area contributed by atoms with Gasteiger partial charge in [0.05, 0.1) is 24.7 Å². The molecule has 2 fully saturated rings. The molecule has 33 heavy (non-hydrogen) atoms. The van der Waals surface area contributed by atoms with Crippen molar-refractivity contribution in [3.8, 4) is 11.5 Å². The second kappa shape index (κ2) is 11.0. The molecule has 3 amide bonds. The monoisotopic (exact) mass is 468 g/mol. The van der Waals surface area contributed by atoms with Gasteiger partial charge in [0.25, 0.3) is 17.1 Å². The van der Waals surface area contributed by atoms with Crippen LogP contribution in [0.15, 0.2) is 59.5 Å². The summed E-state index contributed by atoms with van der Waals surface area (Å²) in [6.07, 6.45) is 1.67. The SMILES string of the molecule is O=C(COc1ccc(/C=C2\SC(=O)N(CCOc3ccccc3)C2=O)cc1)N1CCOCC1. The van der Waals surface area contributed by atoms with Gasteiger partial charge >= 0.3 is 0 Å². The molecule has 0 N–H and O–H groups in total. The van der Waals surface area contributed by atoms with Crippen molar-refractivity contribution in [3.63, 3.8) is 0 Å². The number of carbonyl (C=O) groups excluding carboxylic acids is 3. The predicted octanol–water partition coefficient (Wildman–Crippen LogP) is 3.04. The third-order valence-corrected chi connectivity index (χ3v) is 6.01. The molecule has 2 aromatic carbocycles. The average Bonchev–Trinajstić information content (AvgIpc) is 3.12. The Morgan fingerprint density at radius 1 is 0.970 bits per heavy atom.